The Kier molecular flexibility index (Phi) is 10.6. The number of alkyl carbamates (subject to hydrolysis) is 1. The Bertz CT molecular complexity index is 863. The topological polar surface area (TPSA) is 131 Å². The summed E-state index contributed by atoms with van der Waals surface area (Å²) in [5.41, 5.74) is 5.85. The van der Waals surface area contributed by atoms with Crippen molar-refractivity contribution in [1.29, 1.82) is 0 Å². The van der Waals surface area contributed by atoms with Gasteiger partial charge in [0, 0.05) is 13.6 Å². The van der Waals surface area contributed by atoms with E-state index < -0.39 is 42.0 Å². The van der Waals surface area contributed by atoms with Crippen molar-refractivity contribution >= 4 is 29.9 Å². The Morgan fingerprint density at radius 3 is 2.45 bits per heavy atom. The molecule has 0 saturated carbocycles. The number of carbonyl (C=O) groups is 4. The van der Waals surface area contributed by atoms with E-state index in [-0.39, 0.29) is 5.91 Å². The van der Waals surface area contributed by atoms with Gasteiger partial charge in [0.05, 0.1) is 6.42 Å². The van der Waals surface area contributed by atoms with E-state index in [4.69, 9.17) is 10.5 Å². The van der Waals surface area contributed by atoms with Gasteiger partial charge in [-0.2, -0.15) is 0 Å². The van der Waals surface area contributed by atoms with E-state index in [1.807, 2.05) is 13.0 Å². The van der Waals surface area contributed by atoms with Gasteiger partial charge in [-0.1, -0.05) is 44.2 Å². The third kappa shape index (κ3) is 9.34. The van der Waals surface area contributed by atoms with E-state index in [2.05, 4.69) is 17.2 Å². The van der Waals surface area contributed by atoms with Crippen LogP contribution in [0.1, 0.15) is 64.1 Å². The maximum Gasteiger partial charge on any atom is 0.408 e. The number of carbonyl (C=O) groups excluding carboxylic acids is 4. The van der Waals surface area contributed by atoms with Gasteiger partial charge in [-0.05, 0) is 44.4 Å². The van der Waals surface area contributed by atoms with Gasteiger partial charge in [0.1, 0.15) is 17.7 Å². The second-order valence-corrected chi connectivity index (χ2v) is 8.74. The summed E-state index contributed by atoms with van der Waals surface area (Å²) < 4.78 is 5.20. The van der Waals surface area contributed by atoms with E-state index in [1.54, 1.807) is 45.0 Å². The molecule has 0 aliphatic heterocycles. The zero-order valence-corrected chi connectivity index (χ0v) is 20.1. The molecule has 2 unspecified atom stereocenters. The summed E-state index contributed by atoms with van der Waals surface area (Å²) in [7, 11) is 1.44. The molecule has 4 N–H and O–H groups in total. The van der Waals surface area contributed by atoms with E-state index >= 15 is 0 Å². The van der Waals surface area contributed by atoms with Crippen LogP contribution in [0.3, 0.4) is 0 Å². The summed E-state index contributed by atoms with van der Waals surface area (Å²) >= 11 is 0. The number of amides is 4. The third-order valence-corrected chi connectivity index (χ3v) is 4.67. The van der Waals surface area contributed by atoms with Crippen LogP contribution in [0, 0.1) is 0 Å². The molecule has 0 aliphatic rings. The van der Waals surface area contributed by atoms with Crippen molar-refractivity contribution in [2.24, 2.45) is 5.73 Å². The van der Waals surface area contributed by atoms with Gasteiger partial charge in [0.15, 0.2) is 0 Å². The predicted octanol–water partition coefficient (Wildman–Crippen LogP) is 2.51. The molecule has 1 rings (SSSR count). The van der Waals surface area contributed by atoms with E-state index in [0.29, 0.717) is 12.1 Å². The molecule has 9 heteroatoms. The lowest BCUT2D eigenvalue weighted by Gasteiger charge is -2.31. The highest BCUT2D eigenvalue weighted by molar-refractivity contribution is 5.94. The van der Waals surface area contributed by atoms with Gasteiger partial charge in [0.25, 0.3) is 0 Å². The Labute approximate surface area is 195 Å². The van der Waals surface area contributed by atoms with E-state index in [1.165, 1.54) is 11.9 Å². The molecule has 1 aromatic rings. The van der Waals surface area contributed by atoms with Crippen LogP contribution in [0.15, 0.2) is 30.8 Å². The van der Waals surface area contributed by atoms with Crippen LogP contribution in [0.2, 0.25) is 0 Å². The van der Waals surface area contributed by atoms with Crippen molar-refractivity contribution in [1.82, 2.24) is 15.5 Å². The quantitative estimate of drug-likeness (QED) is 0.437. The lowest BCUT2D eigenvalue weighted by Crippen LogP contribution is -2.52. The van der Waals surface area contributed by atoms with Crippen LogP contribution < -0.4 is 16.4 Å². The standard InChI is InChI=1S/C24H36N4O5/c1-7-9-13-26-21(30)20(17-12-10-11-16(8-2)14-17)28(6)22(31)18(15-19(25)29)27-23(32)33-24(3,4)5/h8,10-12,14,18,20H,2,7,9,13,15H2,1,3-6H3,(H2,25,29)(H,26,30)(H,27,32). The Morgan fingerprint density at radius 2 is 1.91 bits per heavy atom. The molecule has 33 heavy (non-hydrogen) atoms. The molecule has 0 radical (unpaired) electrons. The second-order valence-electron chi connectivity index (χ2n) is 8.74. The van der Waals surface area contributed by atoms with Crippen molar-refractivity contribution in [2.75, 3.05) is 13.6 Å². The maximum atomic E-state index is 13.3. The minimum absolute atomic E-state index is 0.379. The predicted molar refractivity (Wildman–Crippen MR) is 127 cm³/mol. The number of unbranched alkanes of at least 4 members (excludes halogenated alkanes) is 1. The number of primary amides is 1. The molecule has 0 heterocycles. The van der Waals surface area contributed by atoms with Crippen molar-refractivity contribution in [2.45, 2.75) is 64.6 Å². The monoisotopic (exact) mass is 460 g/mol. The molecule has 4 amide bonds. The van der Waals surface area contributed by atoms with E-state index in [9.17, 15) is 19.2 Å². The molecule has 9 nitrogen and oxygen atoms in total. The van der Waals surface area contributed by atoms with Crippen molar-refractivity contribution in [3.05, 3.63) is 42.0 Å². The molecule has 0 bridgehead atoms. The number of hydrogen-bond donors (Lipinski definition) is 3. The Morgan fingerprint density at radius 1 is 1.24 bits per heavy atom. The van der Waals surface area contributed by atoms with Gasteiger partial charge in [-0.15, -0.1) is 0 Å². The van der Waals surface area contributed by atoms with Gasteiger partial charge in [0.2, 0.25) is 17.7 Å². The van der Waals surface area contributed by atoms with Crippen molar-refractivity contribution in [3.63, 3.8) is 0 Å². The number of hydrogen-bond acceptors (Lipinski definition) is 5. The molecule has 1 aromatic carbocycles. The molecule has 0 spiro atoms. The lowest BCUT2D eigenvalue weighted by molar-refractivity contribution is -0.141. The van der Waals surface area contributed by atoms with Crippen LogP contribution >= 0.6 is 0 Å². The van der Waals surface area contributed by atoms with Gasteiger partial charge in [-0.25, -0.2) is 4.79 Å². The number of nitrogens with one attached hydrogen (secondary N) is 2. The molecule has 0 fully saturated rings. The fraction of sp³-hybridized carbons (Fsp3) is 0.500. The number of nitrogens with zero attached hydrogens (tertiary/aromatic N) is 1. The smallest absolute Gasteiger partial charge is 0.408 e. The molecule has 0 aliphatic carbocycles. The first-order valence-corrected chi connectivity index (χ1v) is 10.9. The van der Waals surface area contributed by atoms with Gasteiger partial charge in [-0.3, -0.25) is 14.4 Å². The zero-order valence-electron chi connectivity index (χ0n) is 20.1. The van der Waals surface area contributed by atoms with Gasteiger partial charge >= 0.3 is 6.09 Å². The van der Waals surface area contributed by atoms with Crippen LogP contribution in [0.25, 0.3) is 6.08 Å². The van der Waals surface area contributed by atoms with E-state index in [0.717, 1.165) is 18.4 Å². The summed E-state index contributed by atoms with van der Waals surface area (Å²) in [6, 6.07) is 4.78. The second kappa shape index (κ2) is 12.6. The fourth-order valence-corrected chi connectivity index (χ4v) is 3.12. The summed E-state index contributed by atoms with van der Waals surface area (Å²) in [4.78, 5) is 51.5. The number of nitrogens with two attached hydrogens (primary N) is 1. The Balaban J connectivity index is 3.26. The van der Waals surface area contributed by atoms with Gasteiger partial charge < -0.3 is 26.0 Å². The first kappa shape index (κ1) is 27.7. The third-order valence-electron chi connectivity index (χ3n) is 4.67. The molecule has 0 aromatic heterocycles. The first-order valence-electron chi connectivity index (χ1n) is 10.9. The maximum absolute atomic E-state index is 13.3. The number of rotatable bonds is 11. The molecular formula is C24H36N4O5. The minimum atomic E-state index is -1.30. The van der Waals surface area contributed by atoms with Crippen molar-refractivity contribution < 1.29 is 23.9 Å². The minimum Gasteiger partial charge on any atom is -0.444 e. The summed E-state index contributed by atoms with van der Waals surface area (Å²) in [6.07, 6.45) is 2.00. The number of benzene rings is 1. The summed E-state index contributed by atoms with van der Waals surface area (Å²) in [6.45, 7) is 11.2. The fourth-order valence-electron chi connectivity index (χ4n) is 3.12. The van der Waals surface area contributed by atoms with Crippen LogP contribution in [0.5, 0.6) is 0 Å². The highest BCUT2D eigenvalue weighted by Gasteiger charge is 2.34. The Hall–Kier alpha value is -3.36. The normalized spacial score (nSPS) is 12.8. The zero-order chi connectivity index (χ0) is 25.2. The average Bonchev–Trinajstić information content (AvgIpc) is 2.71. The SMILES string of the molecule is C=Cc1cccc(C(C(=O)NCCCC)N(C)C(=O)C(CC(N)=O)NC(=O)OC(C)(C)C)c1. The van der Waals surface area contributed by atoms with Crippen molar-refractivity contribution in [3.8, 4) is 0 Å². The molecule has 182 valence electrons. The van der Waals surface area contributed by atoms with Crippen LogP contribution in [-0.4, -0.2) is 54.0 Å². The average molecular weight is 461 g/mol. The summed E-state index contributed by atoms with van der Waals surface area (Å²) in [5, 5.41) is 5.25. The molecule has 2 atom stereocenters. The van der Waals surface area contributed by atoms with Crippen LogP contribution in [-0.2, 0) is 19.1 Å². The number of likely N-dealkylation sites (N-methyl/N-ethyl adjacent to an activating group) is 1. The lowest BCUT2D eigenvalue weighted by atomic mass is 10.0. The largest absolute Gasteiger partial charge is 0.444 e. The highest BCUT2D eigenvalue weighted by atomic mass is 16.6. The molecule has 0 saturated heterocycles. The summed E-state index contributed by atoms with van der Waals surface area (Å²) in [5.74, 6) is -1.81. The molecular weight excluding hydrogens is 424 g/mol. The highest BCUT2D eigenvalue weighted by Crippen LogP contribution is 2.23. The van der Waals surface area contributed by atoms with Crippen LogP contribution in [0.4, 0.5) is 4.79 Å². The first-order chi connectivity index (χ1) is 15.4. The number of ether oxygens (including phenoxy) is 1.